The summed E-state index contributed by atoms with van der Waals surface area (Å²) < 4.78 is 0. The molecule has 0 aromatic heterocycles. The molecule has 3 fully saturated rings. The number of aliphatic hydroxyl groups is 2. The van der Waals surface area contributed by atoms with Gasteiger partial charge in [-0.05, 0) is 67.8 Å². The molecule has 4 rings (SSSR count). The first kappa shape index (κ1) is 14.9. The Balaban J connectivity index is 0.00000156. The minimum atomic E-state index is -0.525. The topological polar surface area (TPSA) is 57.5 Å². The van der Waals surface area contributed by atoms with Crippen LogP contribution in [0.3, 0.4) is 0 Å². The SMILES string of the molecule is C[C@]12CC[C@H]3[C@@H](CCC4=CC(=O)CC(O)[C@@]43C)[C@@H]1CC[C@@H]2O.[H+]. The molecule has 1 unspecified atom stereocenters. The third-order valence-corrected chi connectivity index (χ3v) is 8.02. The van der Waals surface area contributed by atoms with E-state index in [2.05, 4.69) is 13.8 Å². The van der Waals surface area contributed by atoms with Gasteiger partial charge in [0.05, 0.1) is 12.2 Å². The lowest BCUT2D eigenvalue weighted by Crippen LogP contribution is -2.55. The van der Waals surface area contributed by atoms with Gasteiger partial charge in [-0.3, -0.25) is 4.79 Å². The maximum Gasteiger partial charge on any atom is 1.00 e. The number of hydrogen-bond donors (Lipinski definition) is 2. The van der Waals surface area contributed by atoms with Gasteiger partial charge in [-0.2, -0.15) is 0 Å². The average Bonchev–Trinajstić information content (AvgIpc) is 2.77. The van der Waals surface area contributed by atoms with E-state index in [9.17, 15) is 15.0 Å². The van der Waals surface area contributed by atoms with Crippen LogP contribution in [0, 0.1) is 28.6 Å². The number of fused-ring (bicyclic) bond motifs is 5. The van der Waals surface area contributed by atoms with Crippen molar-refractivity contribution in [3.05, 3.63) is 11.6 Å². The van der Waals surface area contributed by atoms with Crippen LogP contribution in [0.15, 0.2) is 11.6 Å². The molecule has 3 heteroatoms. The molecule has 0 amide bonds. The molecule has 0 spiro atoms. The molecule has 0 saturated heterocycles. The van der Waals surface area contributed by atoms with Crippen molar-refractivity contribution < 1.29 is 16.4 Å². The molecule has 7 atom stereocenters. The second-order valence-electron chi connectivity index (χ2n) is 8.69. The highest BCUT2D eigenvalue weighted by Gasteiger charge is 2.60. The zero-order valence-electron chi connectivity index (χ0n) is 14.7. The number of carbonyl (C=O) groups excluding carboxylic acids is 1. The predicted octanol–water partition coefficient (Wildman–Crippen LogP) is 2.96. The smallest absolute Gasteiger partial charge is 0.393 e. The van der Waals surface area contributed by atoms with Crippen LogP contribution in [-0.4, -0.2) is 28.2 Å². The van der Waals surface area contributed by atoms with E-state index in [1.807, 2.05) is 6.08 Å². The zero-order valence-corrected chi connectivity index (χ0v) is 13.7. The van der Waals surface area contributed by atoms with Crippen LogP contribution in [0.2, 0.25) is 0 Å². The van der Waals surface area contributed by atoms with Gasteiger partial charge in [-0.15, -0.1) is 0 Å². The highest BCUT2D eigenvalue weighted by Crippen LogP contribution is 2.65. The van der Waals surface area contributed by atoms with E-state index >= 15 is 0 Å². The lowest BCUT2D eigenvalue weighted by molar-refractivity contribution is -0.129. The minimum Gasteiger partial charge on any atom is -0.393 e. The fourth-order valence-corrected chi connectivity index (χ4v) is 6.58. The third kappa shape index (κ3) is 1.73. The van der Waals surface area contributed by atoms with E-state index in [0.29, 0.717) is 17.8 Å². The maximum absolute atomic E-state index is 11.8. The lowest BCUT2D eigenvalue weighted by Gasteiger charge is -2.58. The highest BCUT2D eigenvalue weighted by molar-refractivity contribution is 5.92. The fourth-order valence-electron chi connectivity index (χ4n) is 6.58. The molecule has 0 aromatic carbocycles. The maximum atomic E-state index is 11.8. The van der Waals surface area contributed by atoms with Crippen molar-refractivity contribution in [3.63, 3.8) is 0 Å². The summed E-state index contributed by atoms with van der Waals surface area (Å²) in [7, 11) is 0. The monoisotopic (exact) mass is 305 g/mol. The van der Waals surface area contributed by atoms with Gasteiger partial charge in [-0.1, -0.05) is 19.4 Å². The number of hydrogen-bond acceptors (Lipinski definition) is 3. The molecule has 22 heavy (non-hydrogen) atoms. The van der Waals surface area contributed by atoms with Gasteiger partial charge in [-0.25, -0.2) is 0 Å². The Hall–Kier alpha value is -0.670. The summed E-state index contributed by atoms with van der Waals surface area (Å²) in [6.45, 7) is 4.47. The van der Waals surface area contributed by atoms with E-state index in [0.717, 1.165) is 38.5 Å². The summed E-state index contributed by atoms with van der Waals surface area (Å²) in [6.07, 6.45) is 7.71. The normalized spacial score (nSPS) is 54.3. The van der Waals surface area contributed by atoms with Gasteiger partial charge < -0.3 is 10.2 Å². The zero-order chi connectivity index (χ0) is 15.7. The molecule has 4 aliphatic carbocycles. The number of ketones is 1. The number of aliphatic hydroxyl groups excluding tert-OH is 2. The van der Waals surface area contributed by atoms with Gasteiger partial charge in [0.25, 0.3) is 0 Å². The Morgan fingerprint density at radius 2 is 1.86 bits per heavy atom. The van der Waals surface area contributed by atoms with Crippen LogP contribution in [0.25, 0.3) is 0 Å². The molecule has 4 aliphatic rings. The van der Waals surface area contributed by atoms with Crippen LogP contribution < -0.4 is 0 Å². The Morgan fingerprint density at radius 1 is 1.09 bits per heavy atom. The third-order valence-electron chi connectivity index (χ3n) is 8.02. The lowest BCUT2D eigenvalue weighted by atomic mass is 9.47. The number of rotatable bonds is 0. The Kier molecular flexibility index (Phi) is 3.16. The first-order valence-corrected chi connectivity index (χ1v) is 8.97. The van der Waals surface area contributed by atoms with Crippen molar-refractivity contribution >= 4 is 5.78 Å². The van der Waals surface area contributed by atoms with Crippen LogP contribution >= 0.6 is 0 Å². The largest absolute Gasteiger partial charge is 1.00 e. The first-order chi connectivity index (χ1) is 10.4. The molecule has 3 saturated carbocycles. The summed E-state index contributed by atoms with van der Waals surface area (Å²) >= 11 is 0. The summed E-state index contributed by atoms with van der Waals surface area (Å²) in [5, 5.41) is 21.2. The second-order valence-corrected chi connectivity index (χ2v) is 8.69. The summed E-state index contributed by atoms with van der Waals surface area (Å²) in [5.74, 6) is 1.75. The molecule has 2 N–H and O–H groups in total. The summed E-state index contributed by atoms with van der Waals surface area (Å²) in [6, 6.07) is 0. The standard InChI is InChI=1S/C19H28O3/c1-18-8-7-15-13(14(18)5-6-16(18)21)4-3-11-9-12(20)10-17(22)19(11,15)2/h9,13-17,21-22H,3-8,10H2,1-2H3/p+1/t13-,14-,15-,16-,17?,18-,19-/m0/s1. The van der Waals surface area contributed by atoms with Gasteiger partial charge >= 0.3 is 1.43 Å². The summed E-state index contributed by atoms with van der Waals surface area (Å²) in [4.78, 5) is 11.8. The van der Waals surface area contributed by atoms with Crippen LogP contribution in [-0.2, 0) is 4.79 Å². The van der Waals surface area contributed by atoms with E-state index < -0.39 is 6.10 Å². The summed E-state index contributed by atoms with van der Waals surface area (Å²) in [5.41, 5.74) is 1.06. The van der Waals surface area contributed by atoms with Crippen molar-refractivity contribution in [1.29, 1.82) is 0 Å². The average molecular weight is 305 g/mol. The molecule has 0 aliphatic heterocycles. The molecule has 3 nitrogen and oxygen atoms in total. The Bertz CT molecular complexity index is 545. The van der Waals surface area contributed by atoms with Crippen molar-refractivity contribution in [1.82, 2.24) is 0 Å². The molecule has 0 bridgehead atoms. The van der Waals surface area contributed by atoms with E-state index in [1.165, 1.54) is 5.57 Å². The molecular weight excluding hydrogens is 276 g/mol. The van der Waals surface area contributed by atoms with Gasteiger partial charge in [0, 0.05) is 11.8 Å². The van der Waals surface area contributed by atoms with Crippen LogP contribution in [0.1, 0.15) is 60.2 Å². The van der Waals surface area contributed by atoms with E-state index in [4.69, 9.17) is 0 Å². The van der Waals surface area contributed by atoms with E-state index in [-0.39, 0.29) is 30.6 Å². The van der Waals surface area contributed by atoms with Gasteiger partial charge in [0.2, 0.25) is 0 Å². The van der Waals surface area contributed by atoms with E-state index in [1.54, 1.807) is 0 Å². The van der Waals surface area contributed by atoms with Crippen molar-refractivity contribution in [2.24, 2.45) is 28.6 Å². The van der Waals surface area contributed by atoms with Gasteiger partial charge in [0.15, 0.2) is 5.78 Å². The quantitative estimate of drug-likeness (QED) is 0.723. The highest BCUT2D eigenvalue weighted by atomic mass is 16.3. The molecular formula is C19H29O3+. The Labute approximate surface area is 134 Å². The van der Waals surface area contributed by atoms with Crippen molar-refractivity contribution in [3.8, 4) is 0 Å². The van der Waals surface area contributed by atoms with Crippen LogP contribution in [0.5, 0.6) is 0 Å². The van der Waals surface area contributed by atoms with Gasteiger partial charge in [0.1, 0.15) is 0 Å². The predicted molar refractivity (Wildman–Crippen MR) is 85.2 cm³/mol. The second kappa shape index (κ2) is 4.67. The molecule has 0 aromatic rings. The van der Waals surface area contributed by atoms with Crippen molar-refractivity contribution in [2.75, 3.05) is 0 Å². The van der Waals surface area contributed by atoms with Crippen LogP contribution in [0.4, 0.5) is 0 Å². The number of carbonyl (C=O) groups is 1. The molecule has 0 radical (unpaired) electrons. The van der Waals surface area contributed by atoms with Crippen molar-refractivity contribution in [2.45, 2.75) is 71.0 Å². The minimum absolute atomic E-state index is 0. The molecule has 0 heterocycles. The molecule has 122 valence electrons. The Morgan fingerprint density at radius 3 is 2.64 bits per heavy atom. The first-order valence-electron chi connectivity index (χ1n) is 8.97. The fraction of sp³-hybridized carbons (Fsp3) is 0.842.